The first-order chi connectivity index (χ1) is 10.3. The Morgan fingerprint density at radius 2 is 2.05 bits per heavy atom. The van der Waals surface area contributed by atoms with E-state index in [-0.39, 0.29) is 6.04 Å². The number of benzene rings is 1. The molecule has 0 radical (unpaired) electrons. The van der Waals surface area contributed by atoms with Gasteiger partial charge in [-0.2, -0.15) is 0 Å². The van der Waals surface area contributed by atoms with Crippen molar-refractivity contribution in [2.24, 2.45) is 5.84 Å². The van der Waals surface area contributed by atoms with Gasteiger partial charge >= 0.3 is 0 Å². The number of hydrogen-bond donors (Lipinski definition) is 2. The quantitative estimate of drug-likeness (QED) is 0.660. The highest BCUT2D eigenvalue weighted by atomic mass is 32.1. The molecule has 0 amide bonds. The van der Waals surface area contributed by atoms with Crippen molar-refractivity contribution in [3.8, 4) is 0 Å². The van der Waals surface area contributed by atoms with E-state index in [1.165, 1.54) is 54.5 Å². The molecule has 3 N–H and O–H groups in total. The van der Waals surface area contributed by atoms with Crippen molar-refractivity contribution in [3.05, 3.63) is 56.8 Å². The van der Waals surface area contributed by atoms with Crippen molar-refractivity contribution in [2.45, 2.75) is 50.5 Å². The highest BCUT2D eigenvalue weighted by molar-refractivity contribution is 7.12. The lowest BCUT2D eigenvalue weighted by Crippen LogP contribution is -2.28. The summed E-state index contributed by atoms with van der Waals surface area (Å²) < 4.78 is 0. The van der Waals surface area contributed by atoms with Crippen molar-refractivity contribution >= 4 is 11.3 Å². The minimum Gasteiger partial charge on any atom is -0.271 e. The zero-order valence-corrected chi connectivity index (χ0v) is 13.1. The van der Waals surface area contributed by atoms with E-state index in [4.69, 9.17) is 5.84 Å². The van der Waals surface area contributed by atoms with Gasteiger partial charge in [0.2, 0.25) is 0 Å². The maximum atomic E-state index is 5.88. The van der Waals surface area contributed by atoms with Gasteiger partial charge in [-0.25, -0.2) is 5.43 Å². The molecule has 2 aliphatic carbocycles. The van der Waals surface area contributed by atoms with E-state index in [0.717, 1.165) is 5.92 Å². The second-order valence-electron chi connectivity index (χ2n) is 6.35. The third-order valence-corrected chi connectivity index (χ3v) is 6.34. The second kappa shape index (κ2) is 5.56. The molecule has 4 rings (SSSR count). The van der Waals surface area contributed by atoms with Gasteiger partial charge in [0.15, 0.2) is 0 Å². The van der Waals surface area contributed by atoms with Gasteiger partial charge in [-0.1, -0.05) is 30.7 Å². The fourth-order valence-corrected chi connectivity index (χ4v) is 4.92. The molecule has 1 atom stereocenters. The standard InChI is InChI=1S/C18H22N2S/c19-20-18(17-11-14-7-3-9-16(14)21-17)15-8-2-6-13(10-15)12-4-1-5-12/h2,6,8,10-12,18,20H,1,3-5,7,9,19H2. The van der Waals surface area contributed by atoms with Crippen LogP contribution in [0.5, 0.6) is 0 Å². The van der Waals surface area contributed by atoms with E-state index >= 15 is 0 Å². The first kappa shape index (κ1) is 13.5. The minimum absolute atomic E-state index is 0.139. The molecule has 0 spiro atoms. The van der Waals surface area contributed by atoms with Gasteiger partial charge in [-0.15, -0.1) is 11.3 Å². The van der Waals surface area contributed by atoms with Gasteiger partial charge in [-0.05, 0) is 60.8 Å². The number of rotatable bonds is 4. The zero-order chi connectivity index (χ0) is 14.2. The summed E-state index contributed by atoms with van der Waals surface area (Å²) in [5, 5.41) is 0. The monoisotopic (exact) mass is 298 g/mol. The van der Waals surface area contributed by atoms with Crippen LogP contribution in [-0.4, -0.2) is 0 Å². The molecule has 3 heteroatoms. The van der Waals surface area contributed by atoms with Crippen LogP contribution in [0.3, 0.4) is 0 Å². The predicted octanol–water partition coefficient (Wildman–Crippen LogP) is 4.06. The molecule has 0 aliphatic heterocycles. The number of fused-ring (bicyclic) bond motifs is 1. The molecule has 0 bridgehead atoms. The molecule has 21 heavy (non-hydrogen) atoms. The van der Waals surface area contributed by atoms with E-state index in [0.29, 0.717) is 0 Å². The fourth-order valence-electron chi connectivity index (χ4n) is 3.57. The van der Waals surface area contributed by atoms with Gasteiger partial charge in [-0.3, -0.25) is 5.84 Å². The molecule has 2 nitrogen and oxygen atoms in total. The van der Waals surface area contributed by atoms with Crippen LogP contribution in [0.2, 0.25) is 0 Å². The van der Waals surface area contributed by atoms with Gasteiger partial charge < -0.3 is 0 Å². The molecule has 1 aromatic heterocycles. The number of hydrazine groups is 1. The van der Waals surface area contributed by atoms with E-state index < -0.39 is 0 Å². The molecular weight excluding hydrogens is 276 g/mol. The first-order valence-electron chi connectivity index (χ1n) is 8.02. The molecule has 2 aromatic rings. The second-order valence-corrected chi connectivity index (χ2v) is 7.52. The van der Waals surface area contributed by atoms with E-state index in [2.05, 4.69) is 35.8 Å². The van der Waals surface area contributed by atoms with Gasteiger partial charge in [0, 0.05) is 9.75 Å². The average molecular weight is 298 g/mol. The Hall–Kier alpha value is -1.16. The molecule has 1 unspecified atom stereocenters. The molecule has 110 valence electrons. The smallest absolute Gasteiger partial charge is 0.0802 e. The number of thiophene rings is 1. The van der Waals surface area contributed by atoms with Crippen molar-refractivity contribution in [3.63, 3.8) is 0 Å². The molecule has 1 aromatic carbocycles. The molecule has 2 aliphatic rings. The maximum absolute atomic E-state index is 5.88. The summed E-state index contributed by atoms with van der Waals surface area (Å²) in [4.78, 5) is 2.94. The summed E-state index contributed by atoms with van der Waals surface area (Å²) in [6.45, 7) is 0. The summed E-state index contributed by atoms with van der Waals surface area (Å²) in [7, 11) is 0. The van der Waals surface area contributed by atoms with Crippen LogP contribution in [0, 0.1) is 0 Å². The van der Waals surface area contributed by atoms with Crippen LogP contribution in [-0.2, 0) is 12.8 Å². The van der Waals surface area contributed by atoms with Crippen LogP contribution in [0.15, 0.2) is 30.3 Å². The van der Waals surface area contributed by atoms with Crippen molar-refractivity contribution in [1.29, 1.82) is 0 Å². The number of nitrogens with one attached hydrogen (secondary N) is 1. The van der Waals surface area contributed by atoms with Crippen molar-refractivity contribution in [2.75, 3.05) is 0 Å². The topological polar surface area (TPSA) is 38.0 Å². The SMILES string of the molecule is NNC(c1cccc(C2CCC2)c1)c1cc2c(s1)CCC2. The largest absolute Gasteiger partial charge is 0.271 e. The number of aryl methyl sites for hydroxylation is 2. The van der Waals surface area contributed by atoms with Gasteiger partial charge in [0.05, 0.1) is 6.04 Å². The third kappa shape index (κ3) is 2.44. The molecule has 0 saturated heterocycles. The lowest BCUT2D eigenvalue weighted by atomic mass is 9.79. The summed E-state index contributed by atoms with van der Waals surface area (Å²) in [5.41, 5.74) is 7.38. The minimum atomic E-state index is 0.139. The summed E-state index contributed by atoms with van der Waals surface area (Å²) in [5.74, 6) is 6.66. The van der Waals surface area contributed by atoms with Crippen molar-refractivity contribution in [1.82, 2.24) is 5.43 Å². The third-order valence-electron chi connectivity index (χ3n) is 5.04. The Bertz CT molecular complexity index is 621. The van der Waals surface area contributed by atoms with E-state index in [1.807, 2.05) is 11.3 Å². The van der Waals surface area contributed by atoms with E-state index in [9.17, 15) is 0 Å². The first-order valence-corrected chi connectivity index (χ1v) is 8.84. The highest BCUT2D eigenvalue weighted by Crippen LogP contribution is 2.39. The Kier molecular flexibility index (Phi) is 3.57. The predicted molar refractivity (Wildman–Crippen MR) is 88.5 cm³/mol. The Morgan fingerprint density at radius 3 is 2.76 bits per heavy atom. The summed E-state index contributed by atoms with van der Waals surface area (Å²) >= 11 is 1.94. The normalized spacial score (nSPS) is 19.3. The Balaban J connectivity index is 1.65. The molecule has 1 fully saturated rings. The number of nitrogens with two attached hydrogens (primary N) is 1. The molecule has 1 heterocycles. The average Bonchev–Trinajstić information content (AvgIpc) is 2.99. The maximum Gasteiger partial charge on any atom is 0.0802 e. The lowest BCUT2D eigenvalue weighted by molar-refractivity contribution is 0.419. The Morgan fingerprint density at radius 1 is 1.14 bits per heavy atom. The molecular formula is C18H22N2S. The molecule has 1 saturated carbocycles. The van der Waals surface area contributed by atoms with Crippen LogP contribution in [0.4, 0.5) is 0 Å². The lowest BCUT2D eigenvalue weighted by Gasteiger charge is -2.27. The number of hydrogen-bond acceptors (Lipinski definition) is 3. The van der Waals surface area contributed by atoms with Crippen LogP contribution < -0.4 is 11.3 Å². The van der Waals surface area contributed by atoms with E-state index in [1.54, 1.807) is 10.4 Å². The Labute approximate surface area is 130 Å². The van der Waals surface area contributed by atoms with Crippen LogP contribution >= 0.6 is 11.3 Å². The summed E-state index contributed by atoms with van der Waals surface area (Å²) in [6, 6.07) is 11.5. The van der Waals surface area contributed by atoms with Crippen LogP contribution in [0.25, 0.3) is 0 Å². The van der Waals surface area contributed by atoms with Gasteiger partial charge in [0.25, 0.3) is 0 Å². The fraction of sp³-hybridized carbons (Fsp3) is 0.444. The van der Waals surface area contributed by atoms with Crippen LogP contribution in [0.1, 0.15) is 64.1 Å². The summed E-state index contributed by atoms with van der Waals surface area (Å²) in [6.07, 6.45) is 7.88. The highest BCUT2D eigenvalue weighted by Gasteiger charge is 2.23. The van der Waals surface area contributed by atoms with Gasteiger partial charge in [0.1, 0.15) is 0 Å². The van der Waals surface area contributed by atoms with Crippen molar-refractivity contribution < 1.29 is 0 Å². The zero-order valence-electron chi connectivity index (χ0n) is 12.3.